The van der Waals surface area contributed by atoms with E-state index >= 15 is 0 Å². The number of amides is 1. The lowest BCUT2D eigenvalue weighted by molar-refractivity contribution is -0.135. The molecular formula is C21H23N5O3. The molecule has 1 aromatic carbocycles. The Morgan fingerprint density at radius 2 is 1.93 bits per heavy atom. The molecule has 1 atom stereocenters. The Kier molecular flexibility index (Phi) is 5.00. The number of nitrogens with zero attached hydrogens (tertiary/aromatic N) is 4. The molecule has 3 heterocycles. The van der Waals surface area contributed by atoms with Crippen LogP contribution in [0.5, 0.6) is 0 Å². The summed E-state index contributed by atoms with van der Waals surface area (Å²) in [6.07, 6.45) is 2.92. The summed E-state index contributed by atoms with van der Waals surface area (Å²) in [7, 11) is 0. The highest BCUT2D eigenvalue weighted by Gasteiger charge is 2.29. The number of para-hydroxylation sites is 1. The Morgan fingerprint density at radius 3 is 2.66 bits per heavy atom. The summed E-state index contributed by atoms with van der Waals surface area (Å²) in [6, 6.07) is 8.03. The molecule has 2 aromatic heterocycles. The third-order valence-corrected chi connectivity index (χ3v) is 5.57. The number of aromatic amines is 1. The lowest BCUT2D eigenvalue weighted by atomic mass is 9.93. The number of likely N-dealkylation sites (tertiary alicyclic amines) is 1. The van der Waals surface area contributed by atoms with Crippen molar-refractivity contribution in [2.24, 2.45) is 0 Å². The van der Waals surface area contributed by atoms with Crippen molar-refractivity contribution in [3.63, 3.8) is 0 Å². The number of hydrogen-bond donors (Lipinski definition) is 1. The van der Waals surface area contributed by atoms with Crippen molar-refractivity contribution in [3.8, 4) is 0 Å². The van der Waals surface area contributed by atoms with Crippen molar-refractivity contribution in [3.05, 3.63) is 68.9 Å². The predicted molar refractivity (Wildman–Crippen MR) is 109 cm³/mol. The standard InChI is InChI=1S/C21H23N5O3/c1-13(26-12-22-17-6-4-3-5-16(17)21(26)29)20(28)25-9-7-15(8-10-25)18-11-19(27)24-14(2)23-18/h3-6,11-13,15H,7-10H2,1-2H3,(H,23,24,27). The summed E-state index contributed by atoms with van der Waals surface area (Å²) in [4.78, 5) is 50.7. The van der Waals surface area contributed by atoms with E-state index in [0.29, 0.717) is 29.8 Å². The Hall–Kier alpha value is -3.29. The highest BCUT2D eigenvalue weighted by molar-refractivity contribution is 5.81. The van der Waals surface area contributed by atoms with E-state index in [0.717, 1.165) is 18.5 Å². The maximum Gasteiger partial charge on any atom is 0.261 e. The Labute approximate surface area is 167 Å². The monoisotopic (exact) mass is 393 g/mol. The molecule has 150 valence electrons. The number of benzene rings is 1. The molecule has 8 nitrogen and oxygen atoms in total. The zero-order chi connectivity index (χ0) is 20.5. The van der Waals surface area contributed by atoms with Crippen LogP contribution in [-0.2, 0) is 4.79 Å². The SMILES string of the molecule is Cc1nc(C2CCN(C(=O)C(C)n3cnc4ccccc4c3=O)CC2)cc(=O)[nH]1. The van der Waals surface area contributed by atoms with Crippen LogP contribution in [0.2, 0.25) is 0 Å². The van der Waals surface area contributed by atoms with E-state index in [2.05, 4.69) is 15.0 Å². The van der Waals surface area contributed by atoms with E-state index in [9.17, 15) is 14.4 Å². The molecular weight excluding hydrogens is 370 g/mol. The number of carbonyl (C=O) groups is 1. The number of fused-ring (bicyclic) bond motifs is 1. The van der Waals surface area contributed by atoms with Gasteiger partial charge in [-0.3, -0.25) is 19.0 Å². The van der Waals surface area contributed by atoms with Crippen LogP contribution >= 0.6 is 0 Å². The number of aromatic nitrogens is 4. The van der Waals surface area contributed by atoms with Crippen molar-refractivity contribution in [1.82, 2.24) is 24.4 Å². The van der Waals surface area contributed by atoms with Gasteiger partial charge in [-0.15, -0.1) is 0 Å². The van der Waals surface area contributed by atoms with Crippen LogP contribution in [0.1, 0.15) is 43.2 Å². The first-order chi connectivity index (χ1) is 13.9. The number of H-pyrrole nitrogens is 1. The zero-order valence-corrected chi connectivity index (χ0v) is 16.5. The summed E-state index contributed by atoms with van der Waals surface area (Å²) >= 11 is 0. The molecule has 8 heteroatoms. The molecule has 1 saturated heterocycles. The fraction of sp³-hybridized carbons (Fsp3) is 0.381. The molecule has 0 spiro atoms. The third kappa shape index (κ3) is 3.70. The van der Waals surface area contributed by atoms with E-state index in [1.165, 1.54) is 17.0 Å². The van der Waals surface area contributed by atoms with E-state index in [4.69, 9.17) is 0 Å². The Bertz CT molecular complexity index is 1170. The molecule has 0 radical (unpaired) electrons. The topological polar surface area (TPSA) is 101 Å². The number of carbonyl (C=O) groups excluding carboxylic acids is 1. The van der Waals surface area contributed by atoms with Crippen LogP contribution in [0, 0.1) is 6.92 Å². The van der Waals surface area contributed by atoms with Crippen LogP contribution in [0.3, 0.4) is 0 Å². The second kappa shape index (κ2) is 7.62. The number of aryl methyl sites for hydroxylation is 1. The second-order valence-corrected chi connectivity index (χ2v) is 7.51. The molecule has 1 aliphatic rings. The largest absolute Gasteiger partial charge is 0.341 e. The van der Waals surface area contributed by atoms with Crippen LogP contribution in [0.15, 0.2) is 46.2 Å². The van der Waals surface area contributed by atoms with Crippen LogP contribution in [0.25, 0.3) is 10.9 Å². The summed E-state index contributed by atoms with van der Waals surface area (Å²) in [5.41, 5.74) is 1.04. The van der Waals surface area contributed by atoms with Crippen molar-refractivity contribution in [1.29, 1.82) is 0 Å². The average Bonchev–Trinajstić information content (AvgIpc) is 2.73. The molecule has 0 aliphatic carbocycles. The lowest BCUT2D eigenvalue weighted by Gasteiger charge is -2.33. The smallest absolute Gasteiger partial charge is 0.261 e. The van der Waals surface area contributed by atoms with Gasteiger partial charge in [0.25, 0.3) is 11.1 Å². The molecule has 1 amide bonds. The van der Waals surface area contributed by atoms with Gasteiger partial charge in [-0.1, -0.05) is 12.1 Å². The Morgan fingerprint density at radius 1 is 1.21 bits per heavy atom. The van der Waals surface area contributed by atoms with E-state index in [1.54, 1.807) is 36.9 Å². The van der Waals surface area contributed by atoms with Crippen LogP contribution in [-0.4, -0.2) is 43.4 Å². The maximum absolute atomic E-state index is 13.0. The molecule has 0 bridgehead atoms. The minimum Gasteiger partial charge on any atom is -0.341 e. The first kappa shape index (κ1) is 19.0. The van der Waals surface area contributed by atoms with Gasteiger partial charge in [0, 0.05) is 25.1 Å². The molecule has 1 fully saturated rings. The summed E-state index contributed by atoms with van der Waals surface area (Å²) in [6.45, 7) is 4.63. The summed E-state index contributed by atoms with van der Waals surface area (Å²) < 4.78 is 1.40. The van der Waals surface area contributed by atoms with E-state index in [-0.39, 0.29) is 22.9 Å². The van der Waals surface area contributed by atoms with Crippen LogP contribution < -0.4 is 11.1 Å². The zero-order valence-electron chi connectivity index (χ0n) is 16.5. The predicted octanol–water partition coefficient (Wildman–Crippen LogP) is 1.76. The van der Waals surface area contributed by atoms with Gasteiger partial charge in [0.05, 0.1) is 22.9 Å². The molecule has 1 unspecified atom stereocenters. The van der Waals surface area contributed by atoms with Gasteiger partial charge in [-0.05, 0) is 38.8 Å². The van der Waals surface area contributed by atoms with Crippen molar-refractivity contribution in [2.45, 2.75) is 38.6 Å². The molecule has 1 aliphatic heterocycles. The van der Waals surface area contributed by atoms with Gasteiger partial charge in [0.1, 0.15) is 11.9 Å². The van der Waals surface area contributed by atoms with Gasteiger partial charge in [0.15, 0.2) is 0 Å². The quantitative estimate of drug-likeness (QED) is 0.731. The Balaban J connectivity index is 1.49. The van der Waals surface area contributed by atoms with E-state index < -0.39 is 6.04 Å². The maximum atomic E-state index is 13.0. The third-order valence-electron chi connectivity index (χ3n) is 5.57. The lowest BCUT2D eigenvalue weighted by Crippen LogP contribution is -2.43. The minimum atomic E-state index is -0.629. The first-order valence-corrected chi connectivity index (χ1v) is 9.76. The summed E-state index contributed by atoms with van der Waals surface area (Å²) in [5, 5.41) is 0.504. The van der Waals surface area contributed by atoms with Crippen molar-refractivity contribution < 1.29 is 4.79 Å². The van der Waals surface area contributed by atoms with Gasteiger partial charge in [-0.2, -0.15) is 0 Å². The fourth-order valence-corrected chi connectivity index (χ4v) is 3.95. The highest BCUT2D eigenvalue weighted by Crippen LogP contribution is 2.27. The fourth-order valence-electron chi connectivity index (χ4n) is 3.95. The average molecular weight is 393 g/mol. The van der Waals surface area contributed by atoms with Gasteiger partial charge < -0.3 is 9.88 Å². The minimum absolute atomic E-state index is 0.0994. The van der Waals surface area contributed by atoms with Gasteiger partial charge in [-0.25, -0.2) is 9.97 Å². The molecule has 0 saturated carbocycles. The van der Waals surface area contributed by atoms with Gasteiger partial charge in [0.2, 0.25) is 5.91 Å². The van der Waals surface area contributed by atoms with Crippen LogP contribution in [0.4, 0.5) is 0 Å². The number of hydrogen-bond acceptors (Lipinski definition) is 5. The van der Waals surface area contributed by atoms with Crippen molar-refractivity contribution >= 4 is 16.8 Å². The second-order valence-electron chi connectivity index (χ2n) is 7.51. The molecule has 29 heavy (non-hydrogen) atoms. The molecule has 3 aromatic rings. The first-order valence-electron chi connectivity index (χ1n) is 9.76. The molecule has 1 N–H and O–H groups in total. The number of nitrogens with one attached hydrogen (secondary N) is 1. The number of rotatable bonds is 3. The number of piperidine rings is 1. The summed E-state index contributed by atoms with van der Waals surface area (Å²) in [5.74, 6) is 0.654. The normalized spacial score (nSPS) is 16.1. The molecule has 4 rings (SSSR count). The van der Waals surface area contributed by atoms with E-state index in [1.807, 2.05) is 6.07 Å². The highest BCUT2D eigenvalue weighted by atomic mass is 16.2. The van der Waals surface area contributed by atoms with Gasteiger partial charge >= 0.3 is 0 Å². The van der Waals surface area contributed by atoms with Crippen molar-refractivity contribution in [2.75, 3.05) is 13.1 Å².